The molecular formula is C9H17N5. The third-order valence-electron chi connectivity index (χ3n) is 1.65. The lowest BCUT2D eigenvalue weighted by molar-refractivity contribution is 0.723. The van der Waals surface area contributed by atoms with Crippen LogP contribution in [0.25, 0.3) is 0 Å². The molecule has 0 saturated heterocycles. The van der Waals surface area contributed by atoms with Crippen LogP contribution in [0.3, 0.4) is 0 Å². The highest BCUT2D eigenvalue weighted by atomic mass is 15.1. The molecule has 0 aliphatic carbocycles. The van der Waals surface area contributed by atoms with E-state index >= 15 is 0 Å². The van der Waals surface area contributed by atoms with Crippen LogP contribution in [0.2, 0.25) is 0 Å². The third kappa shape index (κ3) is 3.93. The summed E-state index contributed by atoms with van der Waals surface area (Å²) in [5.41, 5.74) is 6.70. The zero-order valence-corrected chi connectivity index (χ0v) is 8.62. The van der Waals surface area contributed by atoms with E-state index in [9.17, 15) is 0 Å². The summed E-state index contributed by atoms with van der Waals surface area (Å²) in [4.78, 5) is 11.1. The van der Waals surface area contributed by atoms with Gasteiger partial charge in [-0.2, -0.15) is 0 Å². The average Bonchev–Trinajstić information content (AvgIpc) is 2.55. The number of nitrogens with one attached hydrogen (secondary N) is 2. The topological polar surface area (TPSA) is 79.1 Å². The fourth-order valence-electron chi connectivity index (χ4n) is 1.06. The molecule has 1 rings (SSSR count). The summed E-state index contributed by atoms with van der Waals surface area (Å²) in [5.74, 6) is 0.500. The summed E-state index contributed by atoms with van der Waals surface area (Å²) in [6, 6.07) is 0.325. The molecule has 4 N–H and O–H groups in total. The Balaban J connectivity index is 2.26. The molecule has 5 nitrogen and oxygen atoms in total. The molecule has 0 atom stereocenters. The largest absolute Gasteiger partial charge is 0.370 e. The Morgan fingerprint density at radius 2 is 2.50 bits per heavy atom. The minimum Gasteiger partial charge on any atom is -0.370 e. The predicted molar refractivity (Wildman–Crippen MR) is 57.1 cm³/mol. The van der Waals surface area contributed by atoms with Gasteiger partial charge in [0.2, 0.25) is 0 Å². The van der Waals surface area contributed by atoms with Gasteiger partial charge in [-0.25, -0.2) is 4.98 Å². The van der Waals surface area contributed by atoms with Crippen LogP contribution in [0.1, 0.15) is 19.5 Å². The molecule has 0 saturated carbocycles. The van der Waals surface area contributed by atoms with Gasteiger partial charge in [0.25, 0.3) is 0 Å². The first-order chi connectivity index (χ1) is 6.68. The number of H-pyrrole nitrogens is 1. The third-order valence-corrected chi connectivity index (χ3v) is 1.65. The van der Waals surface area contributed by atoms with E-state index in [0.717, 1.165) is 12.1 Å². The molecule has 0 aromatic carbocycles. The van der Waals surface area contributed by atoms with Gasteiger partial charge < -0.3 is 16.0 Å². The predicted octanol–water partition coefficient (Wildman–Crippen LogP) is 0.265. The Kier molecular flexibility index (Phi) is 3.97. The Morgan fingerprint density at radius 1 is 1.71 bits per heavy atom. The molecule has 5 heteroatoms. The van der Waals surface area contributed by atoms with Crippen LogP contribution in [0, 0.1) is 0 Å². The molecular weight excluding hydrogens is 178 g/mol. The number of aromatic nitrogens is 2. The summed E-state index contributed by atoms with van der Waals surface area (Å²) >= 11 is 0. The van der Waals surface area contributed by atoms with Gasteiger partial charge in [-0.15, -0.1) is 0 Å². The summed E-state index contributed by atoms with van der Waals surface area (Å²) in [7, 11) is 0. The average molecular weight is 195 g/mol. The number of hydrogen-bond donors (Lipinski definition) is 3. The maximum atomic E-state index is 5.63. The highest BCUT2D eigenvalue weighted by Crippen LogP contribution is 1.92. The first-order valence-electron chi connectivity index (χ1n) is 4.72. The molecule has 78 valence electrons. The van der Waals surface area contributed by atoms with E-state index in [1.165, 1.54) is 0 Å². The fraction of sp³-hybridized carbons (Fsp3) is 0.556. The van der Waals surface area contributed by atoms with Crippen LogP contribution in [0.15, 0.2) is 17.5 Å². The Bertz CT molecular complexity index is 275. The van der Waals surface area contributed by atoms with Crippen molar-refractivity contribution in [1.82, 2.24) is 15.3 Å². The van der Waals surface area contributed by atoms with Gasteiger partial charge in [0, 0.05) is 30.9 Å². The number of guanidine groups is 1. The molecule has 0 amide bonds. The number of nitrogens with zero attached hydrogens (tertiary/aromatic N) is 2. The van der Waals surface area contributed by atoms with Gasteiger partial charge in [-0.05, 0) is 13.8 Å². The van der Waals surface area contributed by atoms with Crippen molar-refractivity contribution in [3.05, 3.63) is 18.2 Å². The molecule has 0 spiro atoms. The molecule has 0 aliphatic rings. The quantitative estimate of drug-likeness (QED) is 0.476. The van der Waals surface area contributed by atoms with Crippen LogP contribution >= 0.6 is 0 Å². The van der Waals surface area contributed by atoms with E-state index in [1.54, 1.807) is 12.5 Å². The SMILES string of the molecule is CC(C)NC(N)=NCCc1cnc[nH]1. The van der Waals surface area contributed by atoms with Crippen molar-refractivity contribution in [2.45, 2.75) is 26.3 Å². The van der Waals surface area contributed by atoms with Crippen LogP contribution in [0.5, 0.6) is 0 Å². The van der Waals surface area contributed by atoms with Crippen LogP contribution < -0.4 is 11.1 Å². The van der Waals surface area contributed by atoms with Gasteiger partial charge in [-0.3, -0.25) is 4.99 Å². The molecule has 0 unspecified atom stereocenters. The molecule has 0 radical (unpaired) electrons. The summed E-state index contributed by atoms with van der Waals surface area (Å²) in [5, 5.41) is 3.02. The second-order valence-corrected chi connectivity index (χ2v) is 3.39. The highest BCUT2D eigenvalue weighted by Gasteiger charge is 1.95. The molecule has 0 fully saturated rings. The standard InChI is InChI=1S/C9H17N5/c1-7(2)14-9(10)12-4-3-8-5-11-6-13-8/h5-7H,3-4H2,1-2H3,(H,11,13)(H3,10,12,14). The Morgan fingerprint density at radius 3 is 3.07 bits per heavy atom. The molecule has 0 bridgehead atoms. The summed E-state index contributed by atoms with van der Waals surface area (Å²) in [6.07, 6.45) is 4.29. The smallest absolute Gasteiger partial charge is 0.188 e. The number of rotatable bonds is 4. The van der Waals surface area contributed by atoms with E-state index in [0.29, 0.717) is 18.5 Å². The second-order valence-electron chi connectivity index (χ2n) is 3.39. The minimum absolute atomic E-state index is 0.325. The number of nitrogens with two attached hydrogens (primary N) is 1. The molecule has 1 aromatic rings. The van der Waals surface area contributed by atoms with Crippen LogP contribution in [0.4, 0.5) is 0 Å². The van der Waals surface area contributed by atoms with Crippen molar-refractivity contribution in [2.24, 2.45) is 10.7 Å². The van der Waals surface area contributed by atoms with E-state index < -0.39 is 0 Å². The lowest BCUT2D eigenvalue weighted by atomic mass is 10.3. The molecule has 1 heterocycles. The van der Waals surface area contributed by atoms with E-state index in [2.05, 4.69) is 20.3 Å². The molecule has 14 heavy (non-hydrogen) atoms. The van der Waals surface area contributed by atoms with Crippen molar-refractivity contribution < 1.29 is 0 Å². The van der Waals surface area contributed by atoms with Gasteiger partial charge in [0.15, 0.2) is 5.96 Å². The summed E-state index contributed by atoms with van der Waals surface area (Å²) in [6.45, 7) is 4.72. The zero-order chi connectivity index (χ0) is 10.4. The lowest BCUT2D eigenvalue weighted by Crippen LogP contribution is -2.36. The highest BCUT2D eigenvalue weighted by molar-refractivity contribution is 5.78. The molecule has 0 aliphatic heterocycles. The van der Waals surface area contributed by atoms with Crippen LogP contribution in [-0.4, -0.2) is 28.5 Å². The first kappa shape index (κ1) is 10.6. The second kappa shape index (κ2) is 5.26. The van der Waals surface area contributed by atoms with Crippen molar-refractivity contribution in [1.29, 1.82) is 0 Å². The maximum Gasteiger partial charge on any atom is 0.188 e. The minimum atomic E-state index is 0.325. The zero-order valence-electron chi connectivity index (χ0n) is 8.62. The Hall–Kier alpha value is -1.52. The van der Waals surface area contributed by atoms with Gasteiger partial charge in [-0.1, -0.05) is 0 Å². The van der Waals surface area contributed by atoms with Crippen LogP contribution in [-0.2, 0) is 6.42 Å². The Labute approximate surface area is 83.8 Å². The van der Waals surface area contributed by atoms with E-state index in [-0.39, 0.29) is 0 Å². The number of aliphatic imine (C=N–C) groups is 1. The maximum absolute atomic E-state index is 5.63. The van der Waals surface area contributed by atoms with Crippen molar-refractivity contribution in [2.75, 3.05) is 6.54 Å². The van der Waals surface area contributed by atoms with Crippen molar-refractivity contribution >= 4 is 5.96 Å². The molecule has 1 aromatic heterocycles. The lowest BCUT2D eigenvalue weighted by Gasteiger charge is -2.07. The van der Waals surface area contributed by atoms with Gasteiger partial charge in [0.1, 0.15) is 0 Å². The number of hydrogen-bond acceptors (Lipinski definition) is 2. The van der Waals surface area contributed by atoms with E-state index in [1.807, 2.05) is 13.8 Å². The first-order valence-corrected chi connectivity index (χ1v) is 4.72. The van der Waals surface area contributed by atoms with Gasteiger partial charge >= 0.3 is 0 Å². The van der Waals surface area contributed by atoms with E-state index in [4.69, 9.17) is 5.73 Å². The normalized spacial score (nSPS) is 12.1. The fourth-order valence-corrected chi connectivity index (χ4v) is 1.06. The van der Waals surface area contributed by atoms with Crippen molar-refractivity contribution in [3.8, 4) is 0 Å². The van der Waals surface area contributed by atoms with Gasteiger partial charge in [0.05, 0.1) is 6.33 Å². The number of aromatic amines is 1. The monoisotopic (exact) mass is 195 g/mol. The summed E-state index contributed by atoms with van der Waals surface area (Å²) < 4.78 is 0. The van der Waals surface area contributed by atoms with Crippen molar-refractivity contribution in [3.63, 3.8) is 0 Å². The number of imidazole rings is 1.